The van der Waals surface area contributed by atoms with Gasteiger partial charge in [-0.15, -0.1) is 11.3 Å². The van der Waals surface area contributed by atoms with E-state index < -0.39 is 11.8 Å². The average Bonchev–Trinajstić information content (AvgIpc) is 2.96. The molecule has 2 aromatic rings. The van der Waals surface area contributed by atoms with Crippen molar-refractivity contribution < 1.29 is 18.8 Å². The summed E-state index contributed by atoms with van der Waals surface area (Å²) in [4.78, 5) is 31.7. The van der Waals surface area contributed by atoms with Crippen molar-refractivity contribution >= 4 is 23.2 Å². The van der Waals surface area contributed by atoms with Gasteiger partial charge in [0.25, 0.3) is 5.91 Å². The van der Waals surface area contributed by atoms with Gasteiger partial charge in [-0.1, -0.05) is 0 Å². The maximum atomic E-state index is 11.8. The summed E-state index contributed by atoms with van der Waals surface area (Å²) in [6.07, 6.45) is 1.53. The molecule has 0 saturated carbocycles. The maximum absolute atomic E-state index is 11.8. The van der Waals surface area contributed by atoms with E-state index in [2.05, 4.69) is 15.3 Å². The second kappa shape index (κ2) is 5.63. The van der Waals surface area contributed by atoms with Crippen LogP contribution in [0.5, 0.6) is 0 Å². The first-order valence-electron chi connectivity index (χ1n) is 5.29. The quantitative estimate of drug-likeness (QED) is 0.790. The molecule has 2 aromatic heterocycles. The number of nitrogens with one attached hydrogen (secondary N) is 1. The second-order valence-electron chi connectivity index (χ2n) is 3.59. The van der Waals surface area contributed by atoms with Crippen molar-refractivity contribution in [2.24, 2.45) is 5.73 Å². The minimum Gasteiger partial charge on any atom is -0.462 e. The molecule has 100 valence electrons. The zero-order chi connectivity index (χ0) is 13.8. The van der Waals surface area contributed by atoms with Crippen molar-refractivity contribution in [1.29, 1.82) is 0 Å². The summed E-state index contributed by atoms with van der Waals surface area (Å²) in [7, 11) is 0. The van der Waals surface area contributed by atoms with Crippen LogP contribution in [0.15, 0.2) is 22.8 Å². The Morgan fingerprint density at radius 1 is 1.58 bits per heavy atom. The number of thiazole rings is 1. The van der Waals surface area contributed by atoms with E-state index in [4.69, 9.17) is 10.2 Å². The highest BCUT2D eigenvalue weighted by molar-refractivity contribution is 7.15. The molecule has 0 aliphatic carbocycles. The molecule has 19 heavy (non-hydrogen) atoms. The fourth-order valence-electron chi connectivity index (χ4n) is 1.33. The summed E-state index contributed by atoms with van der Waals surface area (Å²) >= 11 is 1.33. The Morgan fingerprint density at radius 2 is 2.37 bits per heavy atom. The topological polar surface area (TPSA) is 107 Å². The normalized spacial score (nSPS) is 10.4. The average molecular weight is 281 g/mol. The monoisotopic (exact) mass is 281 g/mol. The van der Waals surface area contributed by atoms with Gasteiger partial charge in [0.1, 0.15) is 5.69 Å². The van der Waals surface area contributed by atoms with Gasteiger partial charge < -0.3 is 10.2 Å². The van der Waals surface area contributed by atoms with Gasteiger partial charge in [0.15, 0.2) is 17.4 Å². The van der Waals surface area contributed by atoms with Crippen LogP contribution >= 0.6 is 11.3 Å². The van der Waals surface area contributed by atoms with Crippen molar-refractivity contribution in [3.63, 3.8) is 0 Å². The summed E-state index contributed by atoms with van der Waals surface area (Å²) in [6, 6.07) is 3.49. The molecule has 0 fully saturated rings. The van der Waals surface area contributed by atoms with E-state index in [-0.39, 0.29) is 12.3 Å². The number of hydroxylamine groups is 1. The number of hydrogen-bond donors (Lipinski definition) is 2. The lowest BCUT2D eigenvalue weighted by Crippen LogP contribution is -2.29. The van der Waals surface area contributed by atoms with Crippen molar-refractivity contribution in [1.82, 2.24) is 10.5 Å². The Kier molecular flexibility index (Phi) is 3.93. The molecule has 2 amide bonds. The number of furan rings is 1. The number of hydrogen-bond acceptors (Lipinski definition) is 6. The number of nitrogens with two attached hydrogens (primary N) is 1. The second-order valence-corrected chi connectivity index (χ2v) is 4.79. The van der Waals surface area contributed by atoms with Crippen LogP contribution in [-0.2, 0) is 9.63 Å². The number of amides is 2. The Balaban J connectivity index is 2.08. The molecule has 2 heterocycles. The molecule has 0 bridgehead atoms. The maximum Gasteiger partial charge on any atom is 0.294 e. The molecule has 2 rings (SSSR count). The number of rotatable bonds is 5. The third kappa shape index (κ3) is 3.18. The Labute approximate surface area is 112 Å². The van der Waals surface area contributed by atoms with Gasteiger partial charge in [-0.05, 0) is 19.1 Å². The van der Waals surface area contributed by atoms with Gasteiger partial charge in [-0.2, -0.15) is 0 Å². The van der Waals surface area contributed by atoms with E-state index in [0.717, 1.165) is 0 Å². The van der Waals surface area contributed by atoms with Gasteiger partial charge in [0.2, 0.25) is 5.91 Å². The van der Waals surface area contributed by atoms with Crippen LogP contribution in [0.2, 0.25) is 0 Å². The van der Waals surface area contributed by atoms with Crippen LogP contribution < -0.4 is 11.2 Å². The largest absolute Gasteiger partial charge is 0.462 e. The van der Waals surface area contributed by atoms with Gasteiger partial charge >= 0.3 is 0 Å². The van der Waals surface area contributed by atoms with E-state index in [0.29, 0.717) is 15.6 Å². The van der Waals surface area contributed by atoms with Crippen molar-refractivity contribution in [2.75, 3.05) is 6.61 Å². The Hall–Kier alpha value is -2.19. The summed E-state index contributed by atoms with van der Waals surface area (Å²) in [6.45, 7) is 1.37. The van der Waals surface area contributed by atoms with Gasteiger partial charge in [0, 0.05) is 4.88 Å². The number of primary amides is 1. The highest BCUT2D eigenvalue weighted by Crippen LogP contribution is 2.27. The molecule has 0 aliphatic rings. The number of carbonyl (C=O) groups is 2. The highest BCUT2D eigenvalue weighted by atomic mass is 32.1. The fourth-order valence-corrected chi connectivity index (χ4v) is 2.21. The summed E-state index contributed by atoms with van der Waals surface area (Å²) in [5.41, 5.74) is 7.20. The first-order chi connectivity index (χ1) is 9.08. The predicted octanol–water partition coefficient (Wildman–Crippen LogP) is 0.858. The number of nitrogens with zero attached hydrogens (tertiary/aromatic N) is 1. The Bertz CT molecular complexity index is 591. The zero-order valence-electron chi connectivity index (χ0n) is 10.0. The molecule has 0 spiro atoms. The molecule has 8 heteroatoms. The van der Waals surface area contributed by atoms with Crippen molar-refractivity contribution in [3.8, 4) is 10.8 Å². The smallest absolute Gasteiger partial charge is 0.294 e. The lowest BCUT2D eigenvalue weighted by atomic mass is 10.3. The van der Waals surface area contributed by atoms with Crippen LogP contribution in [0.1, 0.15) is 15.4 Å². The van der Waals surface area contributed by atoms with E-state index in [1.807, 2.05) is 0 Å². The zero-order valence-corrected chi connectivity index (χ0v) is 10.8. The molecule has 0 atom stereocenters. The Morgan fingerprint density at radius 3 is 3.00 bits per heavy atom. The van der Waals surface area contributed by atoms with Gasteiger partial charge in [0.05, 0.1) is 6.26 Å². The third-order valence-electron chi connectivity index (χ3n) is 2.12. The predicted molar refractivity (Wildman–Crippen MR) is 67.2 cm³/mol. The summed E-state index contributed by atoms with van der Waals surface area (Å²) in [5.74, 6) is -0.621. The molecule has 0 saturated heterocycles. The molecular formula is C11H11N3O4S. The van der Waals surface area contributed by atoms with Crippen LogP contribution in [0, 0.1) is 6.92 Å². The lowest BCUT2D eigenvalue weighted by molar-refractivity contribution is -0.124. The molecule has 3 N–H and O–H groups in total. The van der Waals surface area contributed by atoms with Crippen LogP contribution in [0.25, 0.3) is 10.8 Å². The highest BCUT2D eigenvalue weighted by Gasteiger charge is 2.17. The number of carbonyl (C=O) groups excluding carboxylic acids is 2. The van der Waals surface area contributed by atoms with E-state index >= 15 is 0 Å². The fraction of sp³-hybridized carbons (Fsp3) is 0.182. The van der Waals surface area contributed by atoms with Crippen LogP contribution in [0.4, 0.5) is 0 Å². The van der Waals surface area contributed by atoms with Gasteiger partial charge in [-0.25, -0.2) is 10.5 Å². The first-order valence-corrected chi connectivity index (χ1v) is 6.11. The molecule has 0 aromatic carbocycles. The molecule has 7 nitrogen and oxygen atoms in total. The van der Waals surface area contributed by atoms with Crippen LogP contribution in [0.3, 0.4) is 0 Å². The summed E-state index contributed by atoms with van der Waals surface area (Å²) in [5, 5.41) is 0.600. The molecular weight excluding hydrogens is 270 g/mol. The third-order valence-corrected chi connectivity index (χ3v) is 3.11. The molecule has 0 aliphatic heterocycles. The van der Waals surface area contributed by atoms with E-state index in [9.17, 15) is 9.59 Å². The molecule has 0 radical (unpaired) electrons. The minimum atomic E-state index is -0.674. The summed E-state index contributed by atoms with van der Waals surface area (Å²) < 4.78 is 5.20. The first kappa shape index (κ1) is 13.2. The van der Waals surface area contributed by atoms with Gasteiger partial charge in [-0.3, -0.25) is 14.4 Å². The number of aryl methyl sites for hydroxylation is 1. The van der Waals surface area contributed by atoms with Crippen molar-refractivity contribution in [3.05, 3.63) is 29.0 Å². The minimum absolute atomic E-state index is 0.223. The molecule has 0 unspecified atom stereocenters. The SMILES string of the molecule is Cc1sc(-c2ccco2)nc1C(=O)NOCC(N)=O. The van der Waals surface area contributed by atoms with Crippen LogP contribution in [-0.4, -0.2) is 23.4 Å². The lowest BCUT2D eigenvalue weighted by Gasteiger charge is -2.01. The van der Waals surface area contributed by atoms with Crippen molar-refractivity contribution in [2.45, 2.75) is 6.92 Å². The standard InChI is InChI=1S/C11H11N3O4S/c1-6-9(10(16)14-18-5-8(12)15)13-11(19-6)7-3-2-4-17-7/h2-4H,5H2,1H3,(H2,12,15)(H,14,16). The number of aromatic nitrogens is 1. The van der Waals surface area contributed by atoms with E-state index in [1.165, 1.54) is 17.6 Å². The van der Waals surface area contributed by atoms with E-state index in [1.54, 1.807) is 19.1 Å².